The first kappa shape index (κ1) is 12.3. The van der Waals surface area contributed by atoms with Crippen LogP contribution in [0, 0.1) is 0 Å². The number of hydrogen-bond donors (Lipinski definition) is 2. The van der Waals surface area contributed by atoms with Crippen LogP contribution < -0.4 is 0 Å². The van der Waals surface area contributed by atoms with Crippen LogP contribution >= 0.6 is 0 Å². The first-order valence-corrected chi connectivity index (χ1v) is 5.18. The standard InChI is InChI=1S/C6H12O6S/c1-5(7)2-3-12-13(10,11)4-6(8)9/h5,7H,2-4H2,1H3,(H,8,9). The van der Waals surface area contributed by atoms with Gasteiger partial charge in [0.1, 0.15) is 0 Å². The lowest BCUT2D eigenvalue weighted by atomic mass is 10.3. The fourth-order valence-electron chi connectivity index (χ4n) is 0.539. The number of aliphatic hydroxyl groups is 1. The van der Waals surface area contributed by atoms with E-state index < -0.39 is 27.9 Å². The summed E-state index contributed by atoms with van der Waals surface area (Å²) >= 11 is 0. The van der Waals surface area contributed by atoms with Crippen molar-refractivity contribution in [2.75, 3.05) is 12.4 Å². The Morgan fingerprint density at radius 3 is 2.46 bits per heavy atom. The number of carboxylic acids is 1. The molecule has 78 valence electrons. The molecule has 0 aliphatic carbocycles. The summed E-state index contributed by atoms with van der Waals surface area (Å²) in [6.45, 7) is 1.28. The highest BCUT2D eigenvalue weighted by Crippen LogP contribution is 1.97. The molecule has 0 saturated heterocycles. The highest BCUT2D eigenvalue weighted by Gasteiger charge is 2.16. The zero-order chi connectivity index (χ0) is 10.5. The van der Waals surface area contributed by atoms with Crippen LogP contribution in [0.5, 0.6) is 0 Å². The lowest BCUT2D eigenvalue weighted by molar-refractivity contribution is -0.134. The topological polar surface area (TPSA) is 101 Å². The lowest BCUT2D eigenvalue weighted by Gasteiger charge is -2.04. The summed E-state index contributed by atoms with van der Waals surface area (Å²) < 4.78 is 25.8. The van der Waals surface area contributed by atoms with Gasteiger partial charge in [-0.2, -0.15) is 8.42 Å². The molecular weight excluding hydrogens is 200 g/mol. The van der Waals surface area contributed by atoms with Gasteiger partial charge in [0.05, 0.1) is 12.7 Å². The van der Waals surface area contributed by atoms with Crippen LogP contribution in [-0.4, -0.2) is 43.1 Å². The van der Waals surface area contributed by atoms with Gasteiger partial charge in [0, 0.05) is 0 Å². The average molecular weight is 212 g/mol. The van der Waals surface area contributed by atoms with Crippen LogP contribution in [-0.2, 0) is 19.1 Å². The SMILES string of the molecule is CC(O)CCOS(=O)(=O)CC(=O)O. The molecule has 0 fully saturated rings. The summed E-state index contributed by atoms with van der Waals surface area (Å²) in [4.78, 5) is 10.0. The Kier molecular flexibility index (Phi) is 4.89. The van der Waals surface area contributed by atoms with Crippen LogP contribution in [0.3, 0.4) is 0 Å². The third-order valence-electron chi connectivity index (χ3n) is 1.10. The van der Waals surface area contributed by atoms with E-state index in [0.29, 0.717) is 0 Å². The van der Waals surface area contributed by atoms with Gasteiger partial charge in [0.2, 0.25) is 0 Å². The molecule has 13 heavy (non-hydrogen) atoms. The summed E-state index contributed by atoms with van der Waals surface area (Å²) in [5.41, 5.74) is 0. The molecule has 2 N–H and O–H groups in total. The number of aliphatic carboxylic acids is 1. The quantitative estimate of drug-likeness (QED) is 0.558. The Morgan fingerprint density at radius 2 is 2.08 bits per heavy atom. The molecule has 0 aliphatic heterocycles. The first-order chi connectivity index (χ1) is 5.83. The van der Waals surface area contributed by atoms with Crippen molar-refractivity contribution in [2.24, 2.45) is 0 Å². The van der Waals surface area contributed by atoms with E-state index >= 15 is 0 Å². The Morgan fingerprint density at radius 1 is 1.54 bits per heavy atom. The minimum absolute atomic E-state index is 0.152. The monoisotopic (exact) mass is 212 g/mol. The first-order valence-electron chi connectivity index (χ1n) is 3.60. The van der Waals surface area contributed by atoms with Gasteiger partial charge in [-0.05, 0) is 13.3 Å². The van der Waals surface area contributed by atoms with Crippen LogP contribution in [0.1, 0.15) is 13.3 Å². The van der Waals surface area contributed by atoms with E-state index in [4.69, 9.17) is 10.2 Å². The molecule has 0 bridgehead atoms. The second kappa shape index (κ2) is 5.15. The van der Waals surface area contributed by atoms with Crippen LogP contribution in [0.2, 0.25) is 0 Å². The molecule has 0 rings (SSSR count). The number of aliphatic hydroxyl groups excluding tert-OH is 1. The third kappa shape index (κ3) is 7.69. The Labute approximate surface area is 76.3 Å². The van der Waals surface area contributed by atoms with Crippen molar-refractivity contribution in [3.8, 4) is 0 Å². The van der Waals surface area contributed by atoms with Crippen molar-refractivity contribution in [1.82, 2.24) is 0 Å². The van der Waals surface area contributed by atoms with E-state index in [1.807, 2.05) is 0 Å². The normalized spacial score (nSPS) is 14.0. The third-order valence-corrected chi connectivity index (χ3v) is 2.23. The van der Waals surface area contributed by atoms with Gasteiger partial charge in [-0.25, -0.2) is 0 Å². The summed E-state index contributed by atoms with van der Waals surface area (Å²) in [7, 11) is -3.99. The zero-order valence-corrected chi connectivity index (χ0v) is 7.95. The minimum atomic E-state index is -3.99. The number of hydrogen-bond acceptors (Lipinski definition) is 5. The fourth-order valence-corrected chi connectivity index (χ4v) is 1.27. The lowest BCUT2D eigenvalue weighted by Crippen LogP contribution is -2.19. The second-order valence-electron chi connectivity index (χ2n) is 2.56. The van der Waals surface area contributed by atoms with Crippen LogP contribution in [0.4, 0.5) is 0 Å². The van der Waals surface area contributed by atoms with E-state index in [1.165, 1.54) is 6.92 Å². The van der Waals surface area contributed by atoms with E-state index in [1.54, 1.807) is 0 Å². The van der Waals surface area contributed by atoms with Crippen molar-refractivity contribution < 1.29 is 27.6 Å². The fraction of sp³-hybridized carbons (Fsp3) is 0.833. The van der Waals surface area contributed by atoms with Gasteiger partial charge < -0.3 is 10.2 Å². The maximum Gasteiger partial charge on any atom is 0.321 e. The predicted octanol–water partition coefficient (Wildman–Crippen LogP) is -0.812. The van der Waals surface area contributed by atoms with E-state index in [2.05, 4.69) is 4.18 Å². The molecule has 0 saturated carbocycles. The number of carboxylic acid groups (broad SMARTS) is 1. The van der Waals surface area contributed by atoms with Crippen LogP contribution in [0.25, 0.3) is 0 Å². The van der Waals surface area contributed by atoms with E-state index in [9.17, 15) is 13.2 Å². The maximum atomic E-state index is 10.7. The molecule has 1 atom stereocenters. The van der Waals surface area contributed by atoms with Crippen molar-refractivity contribution >= 4 is 16.1 Å². The van der Waals surface area contributed by atoms with Gasteiger partial charge in [-0.1, -0.05) is 0 Å². The van der Waals surface area contributed by atoms with Crippen molar-refractivity contribution in [1.29, 1.82) is 0 Å². The van der Waals surface area contributed by atoms with Crippen LogP contribution in [0.15, 0.2) is 0 Å². The summed E-state index contributed by atoms with van der Waals surface area (Å²) in [6.07, 6.45) is -0.515. The zero-order valence-electron chi connectivity index (χ0n) is 7.13. The van der Waals surface area contributed by atoms with Gasteiger partial charge >= 0.3 is 5.97 Å². The van der Waals surface area contributed by atoms with E-state index in [-0.39, 0.29) is 13.0 Å². The molecule has 7 heteroatoms. The Bertz CT molecular complexity index is 254. The molecule has 0 aromatic carbocycles. The van der Waals surface area contributed by atoms with Gasteiger partial charge in [0.25, 0.3) is 10.1 Å². The Hall–Kier alpha value is -0.660. The van der Waals surface area contributed by atoms with Gasteiger partial charge in [-0.15, -0.1) is 0 Å². The summed E-state index contributed by atoms with van der Waals surface area (Å²) in [6, 6.07) is 0. The van der Waals surface area contributed by atoms with Gasteiger partial charge in [0.15, 0.2) is 5.75 Å². The maximum absolute atomic E-state index is 10.7. The molecule has 0 radical (unpaired) electrons. The predicted molar refractivity (Wildman–Crippen MR) is 43.7 cm³/mol. The molecule has 0 aromatic heterocycles. The number of rotatable bonds is 6. The molecule has 1 unspecified atom stereocenters. The largest absolute Gasteiger partial charge is 0.480 e. The molecule has 0 spiro atoms. The number of carbonyl (C=O) groups is 1. The summed E-state index contributed by atoms with van der Waals surface area (Å²) in [5, 5.41) is 16.9. The molecular formula is C6H12O6S. The second-order valence-corrected chi connectivity index (χ2v) is 4.20. The molecule has 0 aliphatic rings. The molecule has 0 aromatic rings. The minimum Gasteiger partial charge on any atom is -0.480 e. The summed E-state index contributed by atoms with van der Waals surface area (Å²) in [5.74, 6) is -2.51. The smallest absolute Gasteiger partial charge is 0.321 e. The Balaban J connectivity index is 3.84. The van der Waals surface area contributed by atoms with Crippen molar-refractivity contribution in [2.45, 2.75) is 19.4 Å². The van der Waals surface area contributed by atoms with Gasteiger partial charge in [-0.3, -0.25) is 8.98 Å². The highest BCUT2D eigenvalue weighted by molar-refractivity contribution is 7.87. The highest BCUT2D eigenvalue weighted by atomic mass is 32.2. The molecule has 0 heterocycles. The average Bonchev–Trinajstić information content (AvgIpc) is 1.81. The van der Waals surface area contributed by atoms with Crippen molar-refractivity contribution in [3.63, 3.8) is 0 Å². The molecule has 0 amide bonds. The van der Waals surface area contributed by atoms with Crippen molar-refractivity contribution in [3.05, 3.63) is 0 Å². The van der Waals surface area contributed by atoms with E-state index in [0.717, 1.165) is 0 Å². The molecule has 6 nitrogen and oxygen atoms in total.